The Bertz CT molecular complexity index is 1270. The molecule has 3 aliphatic heterocycles. The molecule has 7 nitrogen and oxygen atoms in total. The van der Waals surface area contributed by atoms with E-state index in [9.17, 15) is 9.59 Å². The lowest BCUT2D eigenvalue weighted by Gasteiger charge is -2.42. The summed E-state index contributed by atoms with van der Waals surface area (Å²) >= 11 is 0. The van der Waals surface area contributed by atoms with Gasteiger partial charge in [-0.2, -0.15) is 0 Å². The van der Waals surface area contributed by atoms with Crippen LogP contribution in [0.1, 0.15) is 23.6 Å². The zero-order chi connectivity index (χ0) is 23.2. The number of carbonyl (C=O) groups excluding carboxylic acids is 1. The second kappa shape index (κ2) is 8.71. The number of para-hydroxylation sites is 1. The first-order valence-electron chi connectivity index (χ1n) is 12.5. The maximum absolute atomic E-state index is 13.1. The van der Waals surface area contributed by atoms with E-state index in [0.717, 1.165) is 64.5 Å². The van der Waals surface area contributed by atoms with E-state index in [1.165, 1.54) is 16.6 Å². The highest BCUT2D eigenvalue weighted by Crippen LogP contribution is 2.35. The summed E-state index contributed by atoms with van der Waals surface area (Å²) in [6.45, 7) is 7.11. The monoisotopic (exact) mass is 459 g/mol. The van der Waals surface area contributed by atoms with Crippen LogP contribution < -0.4 is 5.56 Å². The van der Waals surface area contributed by atoms with Crippen LogP contribution in [0.4, 0.5) is 0 Å². The van der Waals surface area contributed by atoms with E-state index >= 15 is 0 Å². The molecule has 7 heteroatoms. The van der Waals surface area contributed by atoms with E-state index in [1.807, 2.05) is 15.5 Å². The van der Waals surface area contributed by atoms with Gasteiger partial charge in [0.2, 0.25) is 5.91 Å². The molecule has 0 aliphatic carbocycles. The highest BCUT2D eigenvalue weighted by molar-refractivity contribution is 5.89. The third-order valence-corrected chi connectivity index (χ3v) is 7.98. The minimum Gasteiger partial charge on any atom is -0.340 e. The van der Waals surface area contributed by atoms with E-state index in [1.54, 1.807) is 6.07 Å². The highest BCUT2D eigenvalue weighted by Gasteiger charge is 2.34. The molecule has 6 rings (SSSR count). The van der Waals surface area contributed by atoms with Gasteiger partial charge in [-0.3, -0.25) is 14.5 Å². The SMILES string of the molecule is CN1CCN(C(=O)Cc2cn(CN3C[C@H]4C[C@@H](C3)c3cccc(=O)n3C4)c3ccccc23)CC1. The molecule has 0 saturated carbocycles. The maximum atomic E-state index is 13.1. The summed E-state index contributed by atoms with van der Waals surface area (Å²) in [5.41, 5.74) is 3.63. The minimum atomic E-state index is 0.131. The van der Waals surface area contributed by atoms with Crippen LogP contribution in [0.25, 0.3) is 10.9 Å². The van der Waals surface area contributed by atoms with Crippen molar-refractivity contribution >= 4 is 16.8 Å². The fraction of sp³-hybridized carbons (Fsp3) is 0.481. The van der Waals surface area contributed by atoms with Gasteiger partial charge in [0.1, 0.15) is 0 Å². The van der Waals surface area contributed by atoms with Gasteiger partial charge in [-0.15, -0.1) is 0 Å². The first-order valence-corrected chi connectivity index (χ1v) is 12.5. The zero-order valence-corrected chi connectivity index (χ0v) is 19.9. The quantitative estimate of drug-likeness (QED) is 0.600. The van der Waals surface area contributed by atoms with E-state index in [4.69, 9.17) is 0 Å². The summed E-state index contributed by atoms with van der Waals surface area (Å²) in [4.78, 5) is 32.2. The lowest BCUT2D eigenvalue weighted by molar-refractivity contribution is -0.132. The number of aromatic nitrogens is 2. The number of rotatable bonds is 4. The van der Waals surface area contributed by atoms with Crippen molar-refractivity contribution in [2.45, 2.75) is 32.0 Å². The Morgan fingerprint density at radius 2 is 1.79 bits per heavy atom. The minimum absolute atomic E-state index is 0.131. The molecular formula is C27H33N5O2. The molecule has 2 saturated heterocycles. The molecule has 3 aromatic rings. The van der Waals surface area contributed by atoms with Crippen molar-refractivity contribution in [3.63, 3.8) is 0 Å². The number of amides is 1. The van der Waals surface area contributed by atoms with Crippen LogP contribution in [0.2, 0.25) is 0 Å². The van der Waals surface area contributed by atoms with Crippen molar-refractivity contribution in [3.05, 3.63) is 70.3 Å². The topological polar surface area (TPSA) is 53.7 Å². The Labute approximate surface area is 200 Å². The molecule has 2 bridgehead atoms. The van der Waals surface area contributed by atoms with Crippen LogP contribution in [-0.4, -0.2) is 76.1 Å². The third-order valence-electron chi connectivity index (χ3n) is 7.98. The van der Waals surface area contributed by atoms with Gasteiger partial charge in [-0.25, -0.2) is 0 Å². The summed E-state index contributed by atoms with van der Waals surface area (Å²) in [6.07, 6.45) is 3.82. The molecule has 0 unspecified atom stereocenters. The lowest BCUT2D eigenvalue weighted by Crippen LogP contribution is -2.47. The fourth-order valence-corrected chi connectivity index (χ4v) is 6.24. The summed E-state index contributed by atoms with van der Waals surface area (Å²) in [7, 11) is 2.11. The molecule has 2 fully saturated rings. The molecule has 0 radical (unpaired) electrons. The molecule has 2 aromatic heterocycles. The van der Waals surface area contributed by atoms with Crippen molar-refractivity contribution in [2.24, 2.45) is 5.92 Å². The molecule has 5 heterocycles. The van der Waals surface area contributed by atoms with E-state index in [0.29, 0.717) is 18.3 Å². The molecule has 2 atom stereocenters. The predicted octanol–water partition coefficient (Wildman–Crippen LogP) is 2.20. The number of likely N-dealkylation sites (N-methyl/N-ethyl adjacent to an activating group) is 1. The third kappa shape index (κ3) is 3.97. The summed E-state index contributed by atoms with van der Waals surface area (Å²) in [5, 5.41) is 1.18. The van der Waals surface area contributed by atoms with Gasteiger partial charge in [0.25, 0.3) is 5.56 Å². The van der Waals surface area contributed by atoms with Crippen LogP contribution in [0.15, 0.2) is 53.5 Å². The lowest BCUT2D eigenvalue weighted by atomic mass is 9.83. The summed E-state index contributed by atoms with van der Waals surface area (Å²) in [6, 6.07) is 14.2. The molecule has 3 aliphatic rings. The smallest absolute Gasteiger partial charge is 0.250 e. The first-order chi connectivity index (χ1) is 16.5. The average molecular weight is 460 g/mol. The van der Waals surface area contributed by atoms with Gasteiger partial charge in [0.15, 0.2) is 0 Å². The second-order valence-electron chi connectivity index (χ2n) is 10.4. The number of nitrogens with zero attached hydrogens (tertiary/aromatic N) is 5. The number of carbonyl (C=O) groups is 1. The van der Waals surface area contributed by atoms with Crippen molar-refractivity contribution in [2.75, 3.05) is 46.3 Å². The van der Waals surface area contributed by atoms with Crippen LogP contribution >= 0.6 is 0 Å². The molecule has 0 N–H and O–H groups in total. The van der Waals surface area contributed by atoms with Crippen LogP contribution in [0.5, 0.6) is 0 Å². The molecule has 1 amide bonds. The highest BCUT2D eigenvalue weighted by atomic mass is 16.2. The largest absolute Gasteiger partial charge is 0.340 e. The standard InChI is InChI=1S/C27H33N5O2/c1-28-9-11-30(12-10-28)27(34)14-21-18-31(25-6-3-2-5-23(21)25)19-29-15-20-13-22(17-29)24-7-4-8-26(33)32(24)16-20/h2-8,18,20,22H,9-17,19H2,1H3/t20-,22+/m1/s1. The summed E-state index contributed by atoms with van der Waals surface area (Å²) < 4.78 is 4.31. The number of benzene rings is 1. The van der Waals surface area contributed by atoms with Gasteiger partial charge in [-0.1, -0.05) is 24.3 Å². The van der Waals surface area contributed by atoms with E-state index < -0.39 is 0 Å². The normalized spacial score (nSPS) is 23.3. The molecular weight excluding hydrogens is 426 g/mol. The van der Waals surface area contributed by atoms with Gasteiger partial charge in [0.05, 0.1) is 13.1 Å². The number of hydrogen-bond acceptors (Lipinski definition) is 4. The Morgan fingerprint density at radius 3 is 2.65 bits per heavy atom. The van der Waals surface area contributed by atoms with Gasteiger partial charge < -0.3 is 18.9 Å². The van der Waals surface area contributed by atoms with Crippen molar-refractivity contribution in [1.29, 1.82) is 0 Å². The Kier molecular flexibility index (Phi) is 5.54. The molecule has 0 spiro atoms. The Balaban J connectivity index is 1.22. The fourth-order valence-electron chi connectivity index (χ4n) is 6.24. The first kappa shape index (κ1) is 21.6. The number of piperidine rings is 1. The number of fused-ring (bicyclic) bond motifs is 5. The van der Waals surface area contributed by atoms with Crippen molar-refractivity contribution in [1.82, 2.24) is 23.8 Å². The molecule has 178 valence electrons. The van der Waals surface area contributed by atoms with Crippen LogP contribution in [0.3, 0.4) is 0 Å². The number of pyridine rings is 1. The average Bonchev–Trinajstić information content (AvgIpc) is 3.17. The number of hydrogen-bond donors (Lipinski definition) is 0. The number of piperazine rings is 1. The van der Waals surface area contributed by atoms with Gasteiger partial charge >= 0.3 is 0 Å². The van der Waals surface area contributed by atoms with Crippen LogP contribution in [0, 0.1) is 5.92 Å². The Hall–Kier alpha value is -2.90. The molecule has 1 aromatic carbocycles. The predicted molar refractivity (Wildman–Crippen MR) is 133 cm³/mol. The van der Waals surface area contributed by atoms with Crippen molar-refractivity contribution < 1.29 is 4.79 Å². The Morgan fingerprint density at radius 1 is 0.971 bits per heavy atom. The van der Waals surface area contributed by atoms with Crippen LogP contribution in [-0.2, 0) is 24.4 Å². The van der Waals surface area contributed by atoms with Gasteiger partial charge in [0, 0.05) is 80.6 Å². The van der Waals surface area contributed by atoms with E-state index in [2.05, 4.69) is 57.9 Å². The van der Waals surface area contributed by atoms with Crippen molar-refractivity contribution in [3.8, 4) is 0 Å². The second-order valence-corrected chi connectivity index (χ2v) is 10.4. The maximum Gasteiger partial charge on any atom is 0.250 e. The number of likely N-dealkylation sites (tertiary alicyclic amines) is 1. The van der Waals surface area contributed by atoms with Gasteiger partial charge in [-0.05, 0) is 37.1 Å². The van der Waals surface area contributed by atoms with E-state index in [-0.39, 0.29) is 11.5 Å². The zero-order valence-electron chi connectivity index (χ0n) is 19.9. The molecule has 34 heavy (non-hydrogen) atoms. The summed E-state index contributed by atoms with van der Waals surface area (Å²) in [5.74, 6) is 1.14.